The van der Waals surface area contributed by atoms with E-state index in [-0.39, 0.29) is 26.2 Å². The molecule has 12 heteroatoms. The number of rotatable bonds is 7. The van der Waals surface area contributed by atoms with Gasteiger partial charge in [0, 0.05) is 22.9 Å². The number of alkyl carbamates (subject to hydrolysis) is 1. The maximum Gasteiger partial charge on any atom is 0.411 e. The average Bonchev–Trinajstić information content (AvgIpc) is 2.86. The second-order valence-corrected chi connectivity index (χ2v) is 12.5. The number of ketones is 2. The number of Topliss-reactive ketones (excluding diaryl/α,β-unsaturated/α-hetero) is 2. The Labute approximate surface area is 263 Å². The van der Waals surface area contributed by atoms with E-state index in [0.717, 1.165) is 17.3 Å². The topological polar surface area (TPSA) is 140 Å². The third-order valence-electron chi connectivity index (χ3n) is 5.62. The van der Waals surface area contributed by atoms with Crippen molar-refractivity contribution in [1.82, 2.24) is 10.2 Å². The molecule has 0 aliphatic carbocycles. The summed E-state index contributed by atoms with van der Waals surface area (Å²) < 4.78 is 10.4. The van der Waals surface area contributed by atoms with Crippen molar-refractivity contribution in [3.8, 4) is 0 Å². The van der Waals surface area contributed by atoms with Crippen LogP contribution in [0, 0.1) is 5.53 Å². The highest BCUT2D eigenvalue weighted by atomic mass is 35.5. The van der Waals surface area contributed by atoms with Crippen LogP contribution in [0.4, 0.5) is 9.59 Å². The number of nitrogens with one attached hydrogen (secondary N) is 2. The van der Waals surface area contributed by atoms with Crippen LogP contribution >= 0.6 is 23.2 Å². The fourth-order valence-corrected chi connectivity index (χ4v) is 3.96. The summed E-state index contributed by atoms with van der Waals surface area (Å²) in [4.78, 5) is 51.9. The summed E-state index contributed by atoms with van der Waals surface area (Å²) in [7, 11) is 0. The van der Waals surface area contributed by atoms with Crippen molar-refractivity contribution in [2.75, 3.05) is 6.54 Å². The lowest BCUT2D eigenvalue weighted by Crippen LogP contribution is -2.61. The fraction of sp³-hybridized carbons (Fsp3) is 0.452. The first-order chi connectivity index (χ1) is 19.5. The molecule has 1 saturated heterocycles. The predicted octanol–water partition coefficient (Wildman–Crippen LogP) is 6.36. The fourth-order valence-electron chi connectivity index (χ4n) is 3.71. The van der Waals surface area contributed by atoms with E-state index >= 15 is 0 Å². The van der Waals surface area contributed by atoms with Gasteiger partial charge in [-0.3, -0.25) is 14.5 Å². The van der Waals surface area contributed by atoms with Crippen LogP contribution in [0.1, 0.15) is 60.1 Å². The number of ether oxygens (including phenoxy) is 2. The normalized spacial score (nSPS) is 14.8. The minimum Gasteiger partial charge on any atom is -0.444 e. The Bertz CT molecular complexity index is 1310. The first kappa shape index (κ1) is 37.3. The van der Waals surface area contributed by atoms with E-state index in [1.165, 1.54) is 4.90 Å². The molecule has 2 atom stereocenters. The molecule has 2 aromatic carbocycles. The largest absolute Gasteiger partial charge is 0.444 e. The van der Waals surface area contributed by atoms with E-state index in [4.69, 9.17) is 38.2 Å². The zero-order chi connectivity index (χ0) is 31.7. The number of carbonyl (C=O) groups excluding carboxylic acids is 4. The number of hydrogen-bond donors (Lipinski definition) is 2. The summed E-state index contributed by atoms with van der Waals surface area (Å²) in [6.07, 6.45) is 0.475. The highest BCUT2D eigenvalue weighted by Crippen LogP contribution is 2.23. The Kier molecular flexibility index (Phi) is 14.1. The quantitative estimate of drug-likeness (QED) is 0.206. The molecular formula is C31H41Cl2N4O6+. The highest BCUT2D eigenvalue weighted by molar-refractivity contribution is 6.31. The molecule has 0 radical (unpaired) electrons. The van der Waals surface area contributed by atoms with E-state index in [1.54, 1.807) is 77.9 Å². The van der Waals surface area contributed by atoms with E-state index in [0.29, 0.717) is 16.5 Å². The van der Waals surface area contributed by atoms with Gasteiger partial charge in [0.2, 0.25) is 0 Å². The molecule has 2 aromatic rings. The number of carbonyl (C=O) groups is 4. The lowest BCUT2D eigenvalue weighted by Gasteiger charge is -2.39. The number of hydrogen-bond acceptors (Lipinski definition) is 7. The van der Waals surface area contributed by atoms with Crippen LogP contribution < -0.4 is 5.32 Å². The lowest BCUT2D eigenvalue weighted by molar-refractivity contribution is -0.135. The minimum absolute atomic E-state index is 0. The van der Waals surface area contributed by atoms with Gasteiger partial charge in [-0.05, 0) is 76.9 Å². The Morgan fingerprint density at radius 3 is 1.88 bits per heavy atom. The van der Waals surface area contributed by atoms with Crippen LogP contribution in [0.3, 0.4) is 0 Å². The van der Waals surface area contributed by atoms with E-state index in [1.807, 2.05) is 12.1 Å². The SMILES string of the molecule is C.CC(C)(C)OC(=O)N1CC(=O)C1Cc1ccc(Cl)cc1.CC(C)(C)OC(=O)N[C@@H](Cc1ccc(Cl)cc1)C(=O)C=[N+]=N. The average molecular weight is 637 g/mol. The maximum atomic E-state index is 12.0. The molecule has 0 spiro atoms. The van der Waals surface area contributed by atoms with Crippen LogP contribution in [0.5, 0.6) is 0 Å². The predicted molar refractivity (Wildman–Crippen MR) is 166 cm³/mol. The van der Waals surface area contributed by atoms with Gasteiger partial charge in [0.1, 0.15) is 23.3 Å². The molecule has 0 saturated carbocycles. The molecule has 43 heavy (non-hydrogen) atoms. The molecule has 0 aromatic heterocycles. The van der Waals surface area contributed by atoms with Gasteiger partial charge in [0.15, 0.2) is 5.78 Å². The summed E-state index contributed by atoms with van der Waals surface area (Å²) in [6, 6.07) is 12.9. The molecule has 234 valence electrons. The van der Waals surface area contributed by atoms with Crippen molar-refractivity contribution in [3.05, 3.63) is 69.7 Å². The summed E-state index contributed by atoms with van der Waals surface area (Å²) in [5.41, 5.74) is 7.32. The number of amides is 2. The van der Waals surface area contributed by atoms with Crippen LogP contribution in [-0.4, -0.2) is 69.5 Å². The number of likely N-dealkylation sites (tertiary alicyclic amines) is 1. The number of halogens is 2. The highest BCUT2D eigenvalue weighted by Gasteiger charge is 2.42. The first-order valence-corrected chi connectivity index (χ1v) is 14.0. The maximum absolute atomic E-state index is 12.0. The first-order valence-electron chi connectivity index (χ1n) is 13.2. The summed E-state index contributed by atoms with van der Waals surface area (Å²) in [6.45, 7) is 10.7. The third-order valence-corrected chi connectivity index (χ3v) is 6.13. The Morgan fingerprint density at radius 2 is 1.44 bits per heavy atom. The van der Waals surface area contributed by atoms with Crippen LogP contribution in [0.2, 0.25) is 10.0 Å². The van der Waals surface area contributed by atoms with Crippen molar-refractivity contribution in [2.24, 2.45) is 0 Å². The van der Waals surface area contributed by atoms with Crippen molar-refractivity contribution in [3.63, 3.8) is 0 Å². The Morgan fingerprint density at radius 1 is 0.953 bits per heavy atom. The lowest BCUT2D eigenvalue weighted by atomic mass is 9.94. The smallest absolute Gasteiger partial charge is 0.411 e. The van der Waals surface area contributed by atoms with Gasteiger partial charge in [-0.1, -0.05) is 54.9 Å². The molecule has 0 bridgehead atoms. The summed E-state index contributed by atoms with van der Waals surface area (Å²) in [5, 5.41) is 3.74. The second kappa shape index (κ2) is 16.2. The van der Waals surface area contributed by atoms with Gasteiger partial charge >= 0.3 is 18.4 Å². The van der Waals surface area contributed by atoms with Crippen LogP contribution in [-0.2, 0) is 31.9 Å². The van der Waals surface area contributed by atoms with Gasteiger partial charge in [0.05, 0.1) is 16.9 Å². The molecular weight excluding hydrogens is 595 g/mol. The molecule has 1 aliphatic rings. The summed E-state index contributed by atoms with van der Waals surface area (Å²) in [5.74, 6) is -0.415. The molecule has 3 rings (SSSR count). The molecule has 1 heterocycles. The Balaban J connectivity index is 0.000000422. The molecule has 2 N–H and O–H groups in total. The van der Waals surface area contributed by atoms with Crippen LogP contribution in [0.15, 0.2) is 48.5 Å². The van der Waals surface area contributed by atoms with E-state index < -0.39 is 41.3 Å². The van der Waals surface area contributed by atoms with Gasteiger partial charge in [-0.2, -0.15) is 0 Å². The molecule has 1 fully saturated rings. The molecule has 1 aliphatic heterocycles. The zero-order valence-corrected chi connectivity index (χ0v) is 26.1. The van der Waals surface area contributed by atoms with Gasteiger partial charge in [0.25, 0.3) is 5.78 Å². The van der Waals surface area contributed by atoms with Gasteiger partial charge in [-0.15, -0.1) is 0 Å². The standard InChI is InChI=1S/C15H18ClN3O3.C15H18ClNO3.CH4/c1-15(2,3)22-14(21)19-12(13(20)9-18-17)8-10-4-6-11(16)7-5-10;1-15(2,3)20-14(19)17-9-13(18)12(17)8-10-4-6-11(16)7-5-10;/h4-7,9,12,17H,8H2,1-3H3;4-7,12H,8-9H2,1-3H3;1H4/p+1/t12-;;/m0../s1. The number of nitrogens with zero attached hydrogens (tertiary/aromatic N) is 2. The van der Waals surface area contributed by atoms with Crippen molar-refractivity contribution in [2.45, 2.75) is 85.1 Å². The van der Waals surface area contributed by atoms with Crippen molar-refractivity contribution >= 4 is 53.2 Å². The monoisotopic (exact) mass is 635 g/mol. The van der Waals surface area contributed by atoms with E-state index in [9.17, 15) is 19.2 Å². The number of benzene rings is 2. The molecule has 1 unspecified atom stereocenters. The van der Waals surface area contributed by atoms with Crippen molar-refractivity contribution < 1.29 is 33.4 Å². The minimum atomic E-state index is -0.856. The van der Waals surface area contributed by atoms with Crippen LogP contribution in [0.25, 0.3) is 0 Å². The van der Waals surface area contributed by atoms with E-state index in [2.05, 4.69) is 10.1 Å². The molecule has 10 nitrogen and oxygen atoms in total. The van der Waals surface area contributed by atoms with Gasteiger partial charge < -0.3 is 14.8 Å². The Hall–Kier alpha value is -3.72. The zero-order valence-electron chi connectivity index (χ0n) is 24.6. The van der Waals surface area contributed by atoms with Gasteiger partial charge in [-0.25, -0.2) is 9.59 Å². The second-order valence-electron chi connectivity index (χ2n) is 11.6. The van der Waals surface area contributed by atoms with Crippen molar-refractivity contribution in [1.29, 1.82) is 5.53 Å². The molecule has 2 amide bonds. The summed E-state index contributed by atoms with van der Waals surface area (Å²) >= 11 is 11.6. The third kappa shape index (κ3) is 13.4.